The number of aromatic nitrogens is 2. The molecule has 31 heavy (non-hydrogen) atoms. The monoisotopic (exact) mass is 423 g/mol. The predicted molar refractivity (Wildman–Crippen MR) is 124 cm³/mol. The van der Waals surface area contributed by atoms with Crippen molar-refractivity contribution in [3.05, 3.63) is 60.7 Å². The third-order valence-corrected chi connectivity index (χ3v) is 6.12. The van der Waals surface area contributed by atoms with E-state index in [0.717, 1.165) is 10.8 Å². The summed E-state index contributed by atoms with van der Waals surface area (Å²) in [7, 11) is 2.16. The summed E-state index contributed by atoms with van der Waals surface area (Å²) < 4.78 is 7.94. The fourth-order valence-electron chi connectivity index (χ4n) is 3.67. The summed E-state index contributed by atoms with van der Waals surface area (Å²) in [5, 5.41) is 11.5. The van der Waals surface area contributed by atoms with E-state index >= 15 is 0 Å². The van der Waals surface area contributed by atoms with Crippen molar-refractivity contribution < 1.29 is 14.6 Å². The van der Waals surface area contributed by atoms with Crippen LogP contribution in [0.2, 0.25) is 0 Å². The van der Waals surface area contributed by atoms with Crippen LogP contribution in [0.5, 0.6) is 5.75 Å². The molecular formula is C25H33N3O3. The molecule has 1 aromatic heterocycles. The van der Waals surface area contributed by atoms with Gasteiger partial charge in [-0.05, 0) is 76.2 Å². The maximum absolute atomic E-state index is 11.3. The van der Waals surface area contributed by atoms with Gasteiger partial charge in [-0.2, -0.15) is 0 Å². The van der Waals surface area contributed by atoms with Gasteiger partial charge in [-0.1, -0.05) is 18.2 Å². The lowest BCUT2D eigenvalue weighted by molar-refractivity contribution is -0.148. The number of carboxylic acids is 1. The lowest BCUT2D eigenvalue weighted by Gasteiger charge is -2.35. The first-order chi connectivity index (χ1) is 14.6. The standard InChI is InChI=1S/C25H33N3O3/c1-17(2)27(6)18(3)23(28-12-11-26-16-28)21-8-7-20-14-22(10-9-19(20)13-21)31-15-25(4,5)24(29)30/h7-14,16-18,23H,15H2,1-6H3,(H,29,30). The molecule has 0 amide bonds. The number of ether oxygens (including phenoxy) is 1. The highest BCUT2D eigenvalue weighted by Gasteiger charge is 2.28. The van der Waals surface area contributed by atoms with Crippen LogP contribution in [0.25, 0.3) is 10.8 Å². The Bertz CT molecular complexity index is 1030. The number of benzene rings is 2. The molecule has 3 rings (SSSR count). The molecule has 3 aromatic rings. The van der Waals surface area contributed by atoms with Gasteiger partial charge in [0, 0.05) is 24.5 Å². The lowest BCUT2D eigenvalue weighted by Crippen LogP contribution is -2.41. The maximum Gasteiger partial charge on any atom is 0.312 e. The molecule has 2 atom stereocenters. The minimum Gasteiger partial charge on any atom is -0.492 e. The van der Waals surface area contributed by atoms with E-state index in [0.29, 0.717) is 11.8 Å². The predicted octanol–water partition coefficient (Wildman–Crippen LogP) is 4.84. The zero-order valence-electron chi connectivity index (χ0n) is 19.2. The minimum absolute atomic E-state index is 0.119. The van der Waals surface area contributed by atoms with E-state index in [2.05, 4.69) is 60.5 Å². The van der Waals surface area contributed by atoms with Crippen LogP contribution in [0.3, 0.4) is 0 Å². The topological polar surface area (TPSA) is 67.6 Å². The number of imidazole rings is 1. The normalized spacial score (nSPS) is 14.2. The van der Waals surface area contributed by atoms with Crippen molar-refractivity contribution in [1.29, 1.82) is 0 Å². The second kappa shape index (κ2) is 9.10. The van der Waals surface area contributed by atoms with Gasteiger partial charge in [-0.25, -0.2) is 4.98 Å². The Hall–Kier alpha value is -2.86. The molecule has 1 N–H and O–H groups in total. The first-order valence-electron chi connectivity index (χ1n) is 10.7. The Morgan fingerprint density at radius 3 is 2.45 bits per heavy atom. The fraction of sp³-hybridized carbons (Fsp3) is 0.440. The van der Waals surface area contributed by atoms with Gasteiger partial charge in [0.2, 0.25) is 0 Å². The van der Waals surface area contributed by atoms with E-state index in [9.17, 15) is 9.90 Å². The van der Waals surface area contributed by atoms with E-state index in [1.54, 1.807) is 13.8 Å². The van der Waals surface area contributed by atoms with Crippen molar-refractivity contribution >= 4 is 16.7 Å². The Kier molecular flexibility index (Phi) is 6.70. The number of nitrogens with zero attached hydrogens (tertiary/aromatic N) is 3. The first-order valence-corrected chi connectivity index (χ1v) is 10.7. The average molecular weight is 424 g/mol. The molecule has 0 aliphatic carbocycles. The summed E-state index contributed by atoms with van der Waals surface area (Å²) in [6.07, 6.45) is 5.71. The zero-order valence-corrected chi connectivity index (χ0v) is 19.2. The molecule has 2 aromatic carbocycles. The number of carbonyl (C=O) groups is 1. The number of hydrogen-bond donors (Lipinski definition) is 1. The zero-order chi connectivity index (χ0) is 22.8. The highest BCUT2D eigenvalue weighted by molar-refractivity contribution is 5.84. The van der Waals surface area contributed by atoms with Gasteiger partial charge in [-0.3, -0.25) is 9.69 Å². The first kappa shape index (κ1) is 22.8. The number of rotatable bonds is 9. The summed E-state index contributed by atoms with van der Waals surface area (Å²) in [5.74, 6) is -0.197. The number of likely N-dealkylation sites (N-methyl/N-ethyl adjacent to an activating group) is 1. The third-order valence-electron chi connectivity index (χ3n) is 6.12. The van der Waals surface area contributed by atoms with Crippen molar-refractivity contribution in [3.8, 4) is 5.75 Å². The molecule has 0 fully saturated rings. The Morgan fingerprint density at radius 2 is 1.84 bits per heavy atom. The molecule has 2 unspecified atom stereocenters. The molecule has 166 valence electrons. The summed E-state index contributed by atoms with van der Waals surface area (Å²) in [5.41, 5.74) is 0.279. The molecule has 0 radical (unpaired) electrons. The smallest absolute Gasteiger partial charge is 0.312 e. The largest absolute Gasteiger partial charge is 0.492 e. The van der Waals surface area contributed by atoms with Crippen molar-refractivity contribution in [3.63, 3.8) is 0 Å². The van der Waals surface area contributed by atoms with Gasteiger partial charge in [0.1, 0.15) is 12.4 Å². The van der Waals surface area contributed by atoms with E-state index in [-0.39, 0.29) is 18.7 Å². The third kappa shape index (κ3) is 5.07. The van der Waals surface area contributed by atoms with Crippen molar-refractivity contribution in [2.24, 2.45) is 5.41 Å². The van der Waals surface area contributed by atoms with Crippen molar-refractivity contribution in [2.75, 3.05) is 13.7 Å². The van der Waals surface area contributed by atoms with Gasteiger partial charge in [-0.15, -0.1) is 0 Å². The summed E-state index contributed by atoms with van der Waals surface area (Å²) >= 11 is 0. The van der Waals surface area contributed by atoms with E-state index in [1.807, 2.05) is 36.9 Å². The molecule has 6 heteroatoms. The molecule has 0 saturated carbocycles. The van der Waals surface area contributed by atoms with E-state index in [4.69, 9.17) is 4.74 Å². The molecule has 0 spiro atoms. The van der Waals surface area contributed by atoms with Crippen LogP contribution in [-0.4, -0.2) is 51.3 Å². The van der Waals surface area contributed by atoms with Crippen LogP contribution in [0, 0.1) is 5.41 Å². The highest BCUT2D eigenvalue weighted by Crippen LogP contribution is 2.30. The van der Waals surface area contributed by atoms with Gasteiger partial charge in [0.15, 0.2) is 0 Å². The van der Waals surface area contributed by atoms with Crippen LogP contribution >= 0.6 is 0 Å². The lowest BCUT2D eigenvalue weighted by atomic mass is 9.95. The summed E-state index contributed by atoms with van der Waals surface area (Å²) in [6, 6.07) is 13.2. The van der Waals surface area contributed by atoms with Gasteiger partial charge in [0.05, 0.1) is 17.8 Å². The van der Waals surface area contributed by atoms with E-state index < -0.39 is 11.4 Å². The molecule has 6 nitrogen and oxygen atoms in total. The van der Waals surface area contributed by atoms with Crippen LogP contribution in [0.1, 0.15) is 46.2 Å². The van der Waals surface area contributed by atoms with E-state index in [1.165, 1.54) is 5.56 Å². The second-order valence-corrected chi connectivity index (χ2v) is 9.20. The Labute approximate surface area is 184 Å². The van der Waals surface area contributed by atoms with Crippen molar-refractivity contribution in [2.45, 2.75) is 52.7 Å². The minimum atomic E-state index is -0.935. The molecular weight excluding hydrogens is 390 g/mol. The summed E-state index contributed by atoms with van der Waals surface area (Å²) in [4.78, 5) is 17.9. The van der Waals surface area contributed by atoms with Gasteiger partial charge < -0.3 is 14.4 Å². The molecule has 0 aliphatic heterocycles. The maximum atomic E-state index is 11.3. The molecule has 0 aliphatic rings. The van der Waals surface area contributed by atoms with Crippen LogP contribution in [-0.2, 0) is 4.79 Å². The number of fused-ring (bicyclic) bond motifs is 1. The van der Waals surface area contributed by atoms with Crippen LogP contribution in [0.4, 0.5) is 0 Å². The summed E-state index contributed by atoms with van der Waals surface area (Å²) in [6.45, 7) is 10.1. The Morgan fingerprint density at radius 1 is 1.16 bits per heavy atom. The Balaban J connectivity index is 1.90. The average Bonchev–Trinajstić information content (AvgIpc) is 3.25. The SMILES string of the molecule is CC(C)N(C)C(C)C(c1ccc2cc(OCC(C)(C)C(=O)O)ccc2c1)n1ccnc1. The van der Waals surface area contributed by atoms with Crippen LogP contribution in [0.15, 0.2) is 55.1 Å². The van der Waals surface area contributed by atoms with Crippen LogP contribution < -0.4 is 4.74 Å². The molecule has 1 heterocycles. The van der Waals surface area contributed by atoms with Gasteiger partial charge in [0.25, 0.3) is 0 Å². The highest BCUT2D eigenvalue weighted by atomic mass is 16.5. The quantitative estimate of drug-likeness (QED) is 0.533. The fourth-order valence-corrected chi connectivity index (χ4v) is 3.67. The number of carboxylic acid groups (broad SMARTS) is 1. The van der Waals surface area contributed by atoms with Gasteiger partial charge >= 0.3 is 5.97 Å². The number of aliphatic carboxylic acids is 1. The van der Waals surface area contributed by atoms with Crippen molar-refractivity contribution in [1.82, 2.24) is 14.5 Å². The number of hydrogen-bond acceptors (Lipinski definition) is 4. The molecule has 0 saturated heterocycles. The second-order valence-electron chi connectivity index (χ2n) is 9.20. The molecule has 0 bridgehead atoms.